The Morgan fingerprint density at radius 2 is 1.85 bits per heavy atom. The molecular weight excluding hydrogens is 373 g/mol. The molecule has 1 aliphatic rings. The van der Waals surface area contributed by atoms with Gasteiger partial charge in [0.15, 0.2) is 0 Å². The van der Waals surface area contributed by atoms with Gasteiger partial charge in [-0.3, -0.25) is 14.6 Å². The predicted octanol–water partition coefficient (Wildman–Crippen LogP) is 2.21. The van der Waals surface area contributed by atoms with Gasteiger partial charge >= 0.3 is 5.97 Å². The van der Waals surface area contributed by atoms with Crippen molar-refractivity contribution in [2.45, 2.75) is 32.9 Å². The van der Waals surface area contributed by atoms with E-state index in [4.69, 9.17) is 11.6 Å². The molecule has 0 bridgehead atoms. The van der Waals surface area contributed by atoms with Crippen LogP contribution in [0.3, 0.4) is 0 Å². The van der Waals surface area contributed by atoms with E-state index in [1.165, 1.54) is 6.07 Å². The van der Waals surface area contributed by atoms with E-state index in [0.717, 1.165) is 0 Å². The number of carboxylic acids is 1. The quantitative estimate of drug-likeness (QED) is 0.701. The number of piperazine rings is 1. The van der Waals surface area contributed by atoms with E-state index in [0.29, 0.717) is 49.7 Å². The van der Waals surface area contributed by atoms with Crippen molar-refractivity contribution in [3.05, 3.63) is 34.6 Å². The van der Waals surface area contributed by atoms with Crippen LogP contribution in [0.4, 0.5) is 4.39 Å². The van der Waals surface area contributed by atoms with Gasteiger partial charge in [-0.25, -0.2) is 9.18 Å². The van der Waals surface area contributed by atoms with Gasteiger partial charge in [0.2, 0.25) is 5.91 Å². The van der Waals surface area contributed by atoms with Crippen molar-refractivity contribution in [1.29, 1.82) is 0 Å². The second-order valence-electron chi connectivity index (χ2n) is 7.34. The highest BCUT2D eigenvalue weighted by Crippen LogP contribution is 2.21. The molecule has 27 heavy (non-hydrogen) atoms. The van der Waals surface area contributed by atoms with Crippen molar-refractivity contribution in [3.63, 3.8) is 0 Å². The van der Waals surface area contributed by atoms with Crippen molar-refractivity contribution < 1.29 is 19.1 Å². The number of nitrogens with zero attached hydrogens (tertiary/aromatic N) is 2. The van der Waals surface area contributed by atoms with Gasteiger partial charge in [0.05, 0.1) is 6.54 Å². The molecule has 2 N–H and O–H groups in total. The highest BCUT2D eigenvalue weighted by molar-refractivity contribution is 6.31. The minimum Gasteiger partial charge on any atom is -0.480 e. The van der Waals surface area contributed by atoms with Gasteiger partial charge in [-0.2, -0.15) is 0 Å². The summed E-state index contributed by atoms with van der Waals surface area (Å²) in [5, 5.41) is 12.2. The molecule has 1 aromatic rings. The summed E-state index contributed by atoms with van der Waals surface area (Å²) in [6.45, 7) is 7.12. The van der Waals surface area contributed by atoms with Gasteiger partial charge in [-0.05, 0) is 24.5 Å². The summed E-state index contributed by atoms with van der Waals surface area (Å²) in [6, 6.07) is 3.80. The number of halogens is 2. The van der Waals surface area contributed by atoms with Gasteiger partial charge in [0.25, 0.3) is 0 Å². The molecule has 0 saturated carbocycles. The fourth-order valence-corrected chi connectivity index (χ4v) is 3.37. The Morgan fingerprint density at radius 3 is 2.41 bits per heavy atom. The van der Waals surface area contributed by atoms with Crippen LogP contribution >= 0.6 is 11.6 Å². The number of carbonyl (C=O) groups excluding carboxylic acids is 1. The van der Waals surface area contributed by atoms with Crippen molar-refractivity contribution >= 4 is 23.5 Å². The first kappa shape index (κ1) is 21.6. The van der Waals surface area contributed by atoms with Crippen LogP contribution in [0.1, 0.15) is 25.8 Å². The largest absolute Gasteiger partial charge is 0.480 e. The Labute approximate surface area is 164 Å². The van der Waals surface area contributed by atoms with Crippen molar-refractivity contribution in [3.8, 4) is 0 Å². The van der Waals surface area contributed by atoms with E-state index >= 15 is 0 Å². The predicted molar refractivity (Wildman–Crippen MR) is 102 cm³/mol. The summed E-state index contributed by atoms with van der Waals surface area (Å²) in [5.41, 5.74) is 0.489. The summed E-state index contributed by atoms with van der Waals surface area (Å²) in [5.74, 6) is -1.42. The van der Waals surface area contributed by atoms with Crippen LogP contribution in [0.5, 0.6) is 0 Å². The molecule has 6 nitrogen and oxygen atoms in total. The molecule has 1 atom stereocenters. The SMILES string of the molecule is CC(C)C[C@H](NC(=O)CN1CCN(Cc2c(F)cccc2Cl)CC1)C(=O)O. The molecule has 1 fully saturated rings. The normalized spacial score (nSPS) is 17.1. The fraction of sp³-hybridized carbons (Fsp3) is 0.579. The molecule has 8 heteroatoms. The first-order valence-electron chi connectivity index (χ1n) is 9.16. The maximum absolute atomic E-state index is 13.9. The molecule has 1 aliphatic heterocycles. The van der Waals surface area contributed by atoms with Gasteiger partial charge in [-0.1, -0.05) is 31.5 Å². The third-order valence-corrected chi connectivity index (χ3v) is 4.97. The molecular formula is C19H27ClFN3O3. The second kappa shape index (κ2) is 10.0. The topological polar surface area (TPSA) is 72.9 Å². The number of carbonyl (C=O) groups is 2. The number of amides is 1. The summed E-state index contributed by atoms with van der Waals surface area (Å²) in [4.78, 5) is 27.5. The number of hydrogen-bond acceptors (Lipinski definition) is 4. The number of carboxylic acid groups (broad SMARTS) is 1. The van der Waals surface area contributed by atoms with Crippen molar-refractivity contribution in [2.24, 2.45) is 5.92 Å². The molecule has 1 aromatic carbocycles. The Morgan fingerprint density at radius 1 is 1.22 bits per heavy atom. The molecule has 150 valence electrons. The third kappa shape index (κ3) is 6.75. The van der Waals surface area contributed by atoms with E-state index in [9.17, 15) is 19.1 Å². The number of nitrogens with one attached hydrogen (secondary N) is 1. The summed E-state index contributed by atoms with van der Waals surface area (Å²) < 4.78 is 13.9. The van der Waals surface area contributed by atoms with Crippen molar-refractivity contribution in [2.75, 3.05) is 32.7 Å². The standard InChI is InChI=1S/C19H27ClFN3O3/c1-13(2)10-17(19(26)27)22-18(25)12-24-8-6-23(7-9-24)11-14-15(20)4-3-5-16(14)21/h3-5,13,17H,6-12H2,1-2H3,(H,22,25)(H,26,27)/t17-/m0/s1. The number of rotatable bonds is 8. The summed E-state index contributed by atoms with van der Waals surface area (Å²) in [6.07, 6.45) is 0.401. The average molecular weight is 400 g/mol. The van der Waals surface area contributed by atoms with E-state index in [1.807, 2.05) is 18.7 Å². The van der Waals surface area contributed by atoms with Crippen LogP contribution in [0.2, 0.25) is 5.02 Å². The lowest BCUT2D eigenvalue weighted by atomic mass is 10.0. The van der Waals surface area contributed by atoms with Crippen LogP contribution in [0.15, 0.2) is 18.2 Å². The number of hydrogen-bond donors (Lipinski definition) is 2. The highest BCUT2D eigenvalue weighted by atomic mass is 35.5. The Balaban J connectivity index is 1.80. The van der Waals surface area contributed by atoms with Gasteiger partial charge in [-0.15, -0.1) is 0 Å². The zero-order valence-electron chi connectivity index (χ0n) is 15.8. The Kier molecular flexibility index (Phi) is 8.01. The molecule has 1 amide bonds. The van der Waals surface area contributed by atoms with Crippen LogP contribution in [-0.4, -0.2) is 65.5 Å². The molecule has 0 aromatic heterocycles. The zero-order valence-corrected chi connectivity index (χ0v) is 16.5. The van der Waals surface area contributed by atoms with Crippen LogP contribution < -0.4 is 5.32 Å². The molecule has 0 unspecified atom stereocenters. The van der Waals surface area contributed by atoms with Crippen LogP contribution in [0.25, 0.3) is 0 Å². The van der Waals surface area contributed by atoms with Gasteiger partial charge < -0.3 is 10.4 Å². The van der Waals surface area contributed by atoms with Crippen LogP contribution in [0, 0.1) is 11.7 Å². The monoisotopic (exact) mass is 399 g/mol. The Hall–Kier alpha value is -1.70. The summed E-state index contributed by atoms with van der Waals surface area (Å²) in [7, 11) is 0. The molecule has 2 rings (SSSR count). The van der Waals surface area contributed by atoms with Gasteiger partial charge in [0, 0.05) is 43.3 Å². The first-order valence-corrected chi connectivity index (χ1v) is 9.53. The lowest BCUT2D eigenvalue weighted by molar-refractivity contribution is -0.142. The van der Waals surface area contributed by atoms with E-state index in [-0.39, 0.29) is 24.2 Å². The maximum Gasteiger partial charge on any atom is 0.326 e. The smallest absolute Gasteiger partial charge is 0.326 e. The minimum atomic E-state index is -1.01. The average Bonchev–Trinajstić information content (AvgIpc) is 2.58. The lowest BCUT2D eigenvalue weighted by Crippen LogP contribution is -2.51. The minimum absolute atomic E-state index is 0.163. The zero-order chi connectivity index (χ0) is 20.0. The van der Waals surface area contributed by atoms with Crippen LogP contribution in [-0.2, 0) is 16.1 Å². The van der Waals surface area contributed by atoms with Crippen molar-refractivity contribution in [1.82, 2.24) is 15.1 Å². The van der Waals surface area contributed by atoms with E-state index in [2.05, 4.69) is 10.2 Å². The molecule has 0 aliphatic carbocycles. The molecule has 0 radical (unpaired) electrons. The second-order valence-corrected chi connectivity index (χ2v) is 7.75. The molecule has 0 spiro atoms. The third-order valence-electron chi connectivity index (χ3n) is 4.62. The Bertz CT molecular complexity index is 643. The van der Waals surface area contributed by atoms with E-state index in [1.54, 1.807) is 12.1 Å². The number of aliphatic carboxylic acids is 1. The maximum atomic E-state index is 13.9. The van der Waals surface area contributed by atoms with E-state index < -0.39 is 12.0 Å². The lowest BCUT2D eigenvalue weighted by Gasteiger charge is -2.34. The highest BCUT2D eigenvalue weighted by Gasteiger charge is 2.24. The first-order chi connectivity index (χ1) is 12.8. The fourth-order valence-electron chi connectivity index (χ4n) is 3.15. The molecule has 1 saturated heterocycles. The summed E-state index contributed by atoms with van der Waals surface area (Å²) >= 11 is 6.08. The van der Waals surface area contributed by atoms with Gasteiger partial charge in [0.1, 0.15) is 11.9 Å². The molecule has 1 heterocycles. The number of benzene rings is 1.